The van der Waals surface area contributed by atoms with E-state index in [0.29, 0.717) is 6.54 Å². The third-order valence-electron chi connectivity index (χ3n) is 4.32. The van der Waals surface area contributed by atoms with Crippen LogP contribution in [0, 0.1) is 0 Å². The first kappa shape index (κ1) is 14.6. The zero-order valence-corrected chi connectivity index (χ0v) is 13.8. The average molecular weight is 329 g/mol. The molecular weight excluding hydrogens is 310 g/mol. The molecule has 120 valence electrons. The van der Waals surface area contributed by atoms with Crippen LogP contribution in [0.5, 0.6) is 0 Å². The Balaban J connectivity index is 1.60. The van der Waals surface area contributed by atoms with Crippen LogP contribution in [0.3, 0.4) is 0 Å². The zero-order chi connectivity index (χ0) is 15.8. The number of aliphatic hydroxyl groups is 1. The molecule has 0 spiro atoms. The molecule has 0 amide bonds. The summed E-state index contributed by atoms with van der Waals surface area (Å²) in [7, 11) is 1.84. The van der Waals surface area contributed by atoms with E-state index >= 15 is 0 Å². The van der Waals surface area contributed by atoms with Crippen molar-refractivity contribution >= 4 is 27.4 Å². The van der Waals surface area contributed by atoms with Crippen LogP contribution in [0.1, 0.15) is 34.9 Å². The van der Waals surface area contributed by atoms with Gasteiger partial charge in [0.05, 0.1) is 17.7 Å². The summed E-state index contributed by atoms with van der Waals surface area (Å²) in [5, 5.41) is 18.8. The fourth-order valence-electron chi connectivity index (χ4n) is 3.15. The highest BCUT2D eigenvalue weighted by Crippen LogP contribution is 2.38. The van der Waals surface area contributed by atoms with Gasteiger partial charge in [-0.25, -0.2) is 9.97 Å². The molecule has 0 radical (unpaired) electrons. The average Bonchev–Trinajstić information content (AvgIpc) is 3.16. The van der Waals surface area contributed by atoms with Crippen molar-refractivity contribution in [1.82, 2.24) is 19.7 Å². The van der Waals surface area contributed by atoms with Crippen LogP contribution in [0.15, 0.2) is 18.7 Å². The van der Waals surface area contributed by atoms with E-state index in [1.54, 1.807) is 28.5 Å². The second-order valence-electron chi connectivity index (χ2n) is 5.96. The first-order valence-electron chi connectivity index (χ1n) is 7.88. The van der Waals surface area contributed by atoms with E-state index in [0.717, 1.165) is 34.4 Å². The molecule has 3 heterocycles. The Morgan fingerprint density at radius 2 is 2.22 bits per heavy atom. The third-order valence-corrected chi connectivity index (χ3v) is 5.52. The van der Waals surface area contributed by atoms with E-state index in [4.69, 9.17) is 0 Å². The Morgan fingerprint density at radius 1 is 1.35 bits per heavy atom. The van der Waals surface area contributed by atoms with Crippen molar-refractivity contribution in [2.75, 3.05) is 11.9 Å². The van der Waals surface area contributed by atoms with Crippen molar-refractivity contribution in [2.24, 2.45) is 7.05 Å². The number of nitrogens with one attached hydrogen (secondary N) is 1. The number of anilines is 1. The molecule has 2 N–H and O–H groups in total. The Hall–Kier alpha value is -1.99. The zero-order valence-electron chi connectivity index (χ0n) is 13.0. The summed E-state index contributed by atoms with van der Waals surface area (Å²) >= 11 is 1.78. The number of aliphatic hydroxyl groups excluding tert-OH is 1. The highest BCUT2D eigenvalue weighted by atomic mass is 32.1. The predicted octanol–water partition coefficient (Wildman–Crippen LogP) is 2.45. The van der Waals surface area contributed by atoms with Gasteiger partial charge in [-0.3, -0.25) is 4.68 Å². The molecule has 4 rings (SSSR count). The standard InChI is InChI=1S/C16H19N5OS/c1-21-8-10(6-20-21)12(22)7-17-15-14-11-4-2-3-5-13(11)23-16(14)19-9-18-15/h6,8-9,12,22H,2-5,7H2,1H3,(H,17,18,19). The van der Waals surface area contributed by atoms with Gasteiger partial charge >= 0.3 is 0 Å². The number of thiophene rings is 1. The van der Waals surface area contributed by atoms with Crippen molar-refractivity contribution in [3.05, 3.63) is 34.7 Å². The highest BCUT2D eigenvalue weighted by molar-refractivity contribution is 7.19. The Kier molecular flexibility index (Phi) is 3.74. The van der Waals surface area contributed by atoms with Gasteiger partial charge in [0.15, 0.2) is 0 Å². The molecule has 23 heavy (non-hydrogen) atoms. The van der Waals surface area contributed by atoms with Crippen LogP contribution in [-0.2, 0) is 19.9 Å². The predicted molar refractivity (Wildman–Crippen MR) is 90.7 cm³/mol. The molecule has 0 saturated heterocycles. The smallest absolute Gasteiger partial charge is 0.138 e. The highest BCUT2D eigenvalue weighted by Gasteiger charge is 2.20. The van der Waals surface area contributed by atoms with E-state index in [1.807, 2.05) is 13.2 Å². The van der Waals surface area contributed by atoms with Gasteiger partial charge in [-0.05, 0) is 31.2 Å². The van der Waals surface area contributed by atoms with Gasteiger partial charge < -0.3 is 10.4 Å². The molecule has 3 aromatic heterocycles. The maximum Gasteiger partial charge on any atom is 0.138 e. The number of hydrogen-bond acceptors (Lipinski definition) is 6. The van der Waals surface area contributed by atoms with Crippen LogP contribution in [0.4, 0.5) is 5.82 Å². The minimum atomic E-state index is -0.608. The lowest BCUT2D eigenvalue weighted by atomic mass is 9.97. The molecule has 1 aliphatic carbocycles. The normalized spacial score (nSPS) is 15.6. The van der Waals surface area contributed by atoms with Crippen molar-refractivity contribution in [2.45, 2.75) is 31.8 Å². The summed E-state index contributed by atoms with van der Waals surface area (Å²) in [6.07, 6.45) is 9.24. The second-order valence-corrected chi connectivity index (χ2v) is 7.04. The van der Waals surface area contributed by atoms with Gasteiger partial charge in [-0.15, -0.1) is 11.3 Å². The van der Waals surface area contributed by atoms with Crippen molar-refractivity contribution in [1.29, 1.82) is 0 Å². The Labute approximate surface area is 138 Å². The van der Waals surface area contributed by atoms with E-state index in [-0.39, 0.29) is 0 Å². The van der Waals surface area contributed by atoms with Gasteiger partial charge in [-0.2, -0.15) is 5.10 Å². The minimum Gasteiger partial charge on any atom is -0.386 e. The van der Waals surface area contributed by atoms with Crippen LogP contribution in [-0.4, -0.2) is 31.4 Å². The lowest BCUT2D eigenvalue weighted by Crippen LogP contribution is -2.13. The molecule has 0 aromatic carbocycles. The van der Waals surface area contributed by atoms with Gasteiger partial charge in [-0.1, -0.05) is 0 Å². The second kappa shape index (κ2) is 5.90. The quantitative estimate of drug-likeness (QED) is 0.769. The van der Waals surface area contributed by atoms with E-state index < -0.39 is 6.10 Å². The van der Waals surface area contributed by atoms with Crippen LogP contribution >= 0.6 is 11.3 Å². The molecule has 7 heteroatoms. The largest absolute Gasteiger partial charge is 0.386 e. The lowest BCUT2D eigenvalue weighted by molar-refractivity contribution is 0.191. The Morgan fingerprint density at radius 3 is 3.04 bits per heavy atom. The first-order chi connectivity index (χ1) is 11.2. The molecule has 0 bridgehead atoms. The lowest BCUT2D eigenvalue weighted by Gasteiger charge is -2.14. The summed E-state index contributed by atoms with van der Waals surface area (Å²) in [4.78, 5) is 11.3. The fraction of sp³-hybridized carbons (Fsp3) is 0.438. The molecule has 1 atom stereocenters. The van der Waals surface area contributed by atoms with Crippen LogP contribution in [0.2, 0.25) is 0 Å². The van der Waals surface area contributed by atoms with Gasteiger partial charge in [0, 0.05) is 30.2 Å². The first-order valence-corrected chi connectivity index (χ1v) is 8.70. The molecule has 0 saturated carbocycles. The number of fused-ring (bicyclic) bond motifs is 3. The van der Waals surface area contributed by atoms with E-state index in [9.17, 15) is 5.11 Å². The van der Waals surface area contributed by atoms with Gasteiger partial charge in [0.1, 0.15) is 17.0 Å². The molecule has 0 fully saturated rings. The van der Waals surface area contributed by atoms with Gasteiger partial charge in [0.25, 0.3) is 0 Å². The van der Waals surface area contributed by atoms with Crippen LogP contribution < -0.4 is 5.32 Å². The van der Waals surface area contributed by atoms with E-state index in [1.165, 1.54) is 23.3 Å². The summed E-state index contributed by atoms with van der Waals surface area (Å²) in [6, 6.07) is 0. The van der Waals surface area contributed by atoms with E-state index in [2.05, 4.69) is 20.4 Å². The monoisotopic (exact) mass is 329 g/mol. The summed E-state index contributed by atoms with van der Waals surface area (Å²) in [5.74, 6) is 0.831. The fourth-order valence-corrected chi connectivity index (χ4v) is 4.38. The van der Waals surface area contributed by atoms with Crippen molar-refractivity contribution < 1.29 is 5.11 Å². The third kappa shape index (κ3) is 2.70. The number of nitrogens with zero attached hydrogens (tertiary/aromatic N) is 4. The molecule has 1 aliphatic rings. The molecule has 1 unspecified atom stereocenters. The number of aromatic nitrogens is 4. The van der Waals surface area contributed by atoms with Crippen molar-refractivity contribution in [3.8, 4) is 0 Å². The molecule has 3 aromatic rings. The summed E-state index contributed by atoms with van der Waals surface area (Å²) in [6.45, 7) is 0.405. The summed E-state index contributed by atoms with van der Waals surface area (Å²) in [5.41, 5.74) is 2.20. The maximum absolute atomic E-state index is 10.3. The topological polar surface area (TPSA) is 75.9 Å². The maximum atomic E-state index is 10.3. The van der Waals surface area contributed by atoms with Crippen LogP contribution in [0.25, 0.3) is 10.2 Å². The number of aryl methyl sites for hydroxylation is 3. The minimum absolute atomic E-state index is 0.405. The molecular formula is C16H19N5OS. The molecule has 6 nitrogen and oxygen atoms in total. The SMILES string of the molecule is Cn1cc(C(O)CNc2ncnc3sc4c(c23)CCCC4)cn1. The van der Waals surface area contributed by atoms with Crippen molar-refractivity contribution in [3.63, 3.8) is 0 Å². The Bertz CT molecular complexity index is 840. The summed E-state index contributed by atoms with van der Waals surface area (Å²) < 4.78 is 1.69. The van der Waals surface area contributed by atoms with Gasteiger partial charge in [0.2, 0.25) is 0 Å². The number of hydrogen-bond donors (Lipinski definition) is 2. The molecule has 0 aliphatic heterocycles. The number of rotatable bonds is 4.